The Bertz CT molecular complexity index is 917. The highest BCUT2D eigenvalue weighted by Gasteiger charge is 2.40. The Labute approximate surface area is 187 Å². The van der Waals surface area contributed by atoms with Gasteiger partial charge in [-0.25, -0.2) is 0 Å². The molecule has 2 atom stereocenters. The van der Waals surface area contributed by atoms with Gasteiger partial charge in [0.05, 0.1) is 0 Å². The quantitative estimate of drug-likeness (QED) is 0.491. The molecule has 7 heteroatoms. The van der Waals surface area contributed by atoms with Gasteiger partial charge in [-0.15, -0.1) is 11.8 Å². The highest BCUT2D eigenvalue weighted by Crippen LogP contribution is 2.38. The molecule has 0 aromatic heterocycles. The molecule has 1 aliphatic heterocycles. The van der Waals surface area contributed by atoms with Gasteiger partial charge in [-0.05, 0) is 68.2 Å². The molecule has 0 spiro atoms. The summed E-state index contributed by atoms with van der Waals surface area (Å²) in [6.07, 6.45) is 1.68. The monoisotopic (exact) mass is 446 g/mol. The van der Waals surface area contributed by atoms with Crippen molar-refractivity contribution in [3.8, 4) is 0 Å². The van der Waals surface area contributed by atoms with Crippen LogP contribution in [0.15, 0.2) is 47.4 Å². The molecule has 30 heavy (non-hydrogen) atoms. The van der Waals surface area contributed by atoms with Gasteiger partial charge in [0.2, 0.25) is 0 Å². The normalized spacial score (nSPS) is 18.9. The average molecular weight is 447 g/mol. The fraction of sp³-hybridized carbons (Fsp3) is 0.391. The third-order valence-corrected chi connectivity index (χ3v) is 6.23. The third-order valence-electron chi connectivity index (χ3n) is 5.25. The van der Waals surface area contributed by atoms with Gasteiger partial charge in [0.25, 0.3) is 5.91 Å². The number of hydrogen-bond acceptors (Lipinski definition) is 5. The molecule has 1 heterocycles. The van der Waals surface area contributed by atoms with Gasteiger partial charge in [0.15, 0.2) is 6.10 Å². The van der Waals surface area contributed by atoms with Crippen molar-refractivity contribution in [3.05, 3.63) is 58.6 Å². The fourth-order valence-corrected chi connectivity index (χ4v) is 4.36. The minimum atomic E-state index is -0.893. The Balaban J connectivity index is 2.09. The number of fused-ring (bicyclic) bond motifs is 1. The summed E-state index contributed by atoms with van der Waals surface area (Å²) in [5, 5.41) is 0.621. The van der Waals surface area contributed by atoms with E-state index in [9.17, 15) is 9.59 Å². The van der Waals surface area contributed by atoms with Crippen LogP contribution in [0.3, 0.4) is 0 Å². The lowest BCUT2D eigenvalue weighted by atomic mass is 9.87. The second-order valence-corrected chi connectivity index (χ2v) is 9.00. The van der Waals surface area contributed by atoms with Crippen molar-refractivity contribution in [2.24, 2.45) is 0 Å². The molecule has 2 aromatic rings. The Morgan fingerprint density at radius 1 is 1.23 bits per heavy atom. The molecule has 1 amide bonds. The van der Waals surface area contributed by atoms with Gasteiger partial charge in [-0.3, -0.25) is 9.59 Å². The number of halogens is 1. The first-order valence-corrected chi connectivity index (χ1v) is 11.5. The zero-order valence-electron chi connectivity index (χ0n) is 17.7. The molecule has 0 aliphatic carbocycles. The van der Waals surface area contributed by atoms with Crippen LogP contribution in [0.5, 0.6) is 0 Å². The number of rotatable bonds is 6. The lowest BCUT2D eigenvalue weighted by molar-refractivity contribution is -0.154. The second kappa shape index (κ2) is 9.86. The molecule has 160 valence electrons. The van der Waals surface area contributed by atoms with E-state index < -0.39 is 12.1 Å². The van der Waals surface area contributed by atoms with Crippen LogP contribution in [0.25, 0.3) is 0 Å². The Morgan fingerprint density at radius 3 is 2.53 bits per heavy atom. The Morgan fingerprint density at radius 2 is 1.93 bits per heavy atom. The molecule has 5 nitrogen and oxygen atoms in total. The number of carbonyl (C=O) groups excluding carboxylic acids is 2. The average Bonchev–Trinajstić information content (AvgIpc) is 2.81. The first kappa shape index (κ1) is 22.7. The van der Waals surface area contributed by atoms with Crippen molar-refractivity contribution < 1.29 is 14.3 Å². The summed E-state index contributed by atoms with van der Waals surface area (Å²) in [6, 6.07) is 13.7. The van der Waals surface area contributed by atoms with Crippen molar-refractivity contribution in [3.63, 3.8) is 0 Å². The number of benzene rings is 2. The highest BCUT2D eigenvalue weighted by atomic mass is 35.5. The number of esters is 1. The molecule has 0 N–H and O–H groups in total. The minimum absolute atomic E-state index is 0.202. The van der Waals surface area contributed by atoms with E-state index in [1.807, 2.05) is 61.6 Å². The molecule has 0 saturated carbocycles. The molecule has 0 fully saturated rings. The van der Waals surface area contributed by atoms with Crippen molar-refractivity contribution in [1.82, 2.24) is 4.90 Å². The number of carbonyl (C=O) groups is 2. The molecule has 1 aliphatic rings. The zero-order valence-corrected chi connectivity index (χ0v) is 19.3. The van der Waals surface area contributed by atoms with E-state index in [-0.39, 0.29) is 11.8 Å². The number of ether oxygens (including phenoxy) is 1. The molecule has 3 rings (SSSR count). The van der Waals surface area contributed by atoms with E-state index in [0.717, 1.165) is 21.7 Å². The number of nitrogens with zero attached hydrogens (tertiary/aromatic N) is 2. The molecule has 0 unspecified atom stereocenters. The number of hydrogen-bond donors (Lipinski definition) is 0. The van der Waals surface area contributed by atoms with Crippen LogP contribution in [-0.2, 0) is 20.7 Å². The van der Waals surface area contributed by atoms with Crippen LogP contribution >= 0.6 is 23.4 Å². The van der Waals surface area contributed by atoms with Crippen LogP contribution in [0.2, 0.25) is 5.02 Å². The maximum absolute atomic E-state index is 13.6. The van der Waals surface area contributed by atoms with E-state index in [2.05, 4.69) is 0 Å². The summed E-state index contributed by atoms with van der Waals surface area (Å²) in [7, 11) is 3.93. The van der Waals surface area contributed by atoms with Crippen molar-refractivity contribution in [2.45, 2.75) is 30.3 Å². The van der Waals surface area contributed by atoms with Gasteiger partial charge in [0.1, 0.15) is 0 Å². The first-order valence-electron chi connectivity index (χ1n) is 9.86. The minimum Gasteiger partial charge on any atom is -0.452 e. The highest BCUT2D eigenvalue weighted by molar-refractivity contribution is 7.98. The number of amides is 1. The number of likely N-dealkylation sites (N-methyl/N-ethyl adjacent to an activating group) is 1. The maximum atomic E-state index is 13.6. The lowest BCUT2D eigenvalue weighted by Crippen LogP contribution is -2.45. The second-order valence-electron chi connectivity index (χ2n) is 7.68. The molecule has 2 aromatic carbocycles. The summed E-state index contributed by atoms with van der Waals surface area (Å²) in [4.78, 5) is 30.5. The summed E-state index contributed by atoms with van der Waals surface area (Å²) in [5.41, 5.74) is 2.77. The molecular formula is C23H27ClN2O3S. The van der Waals surface area contributed by atoms with E-state index in [1.54, 1.807) is 22.7 Å². The Hall–Kier alpha value is -2.02. The van der Waals surface area contributed by atoms with Crippen LogP contribution in [0, 0.1) is 0 Å². The largest absolute Gasteiger partial charge is 0.452 e. The predicted octanol–water partition coefficient (Wildman–Crippen LogP) is 4.23. The molecule has 0 bridgehead atoms. The fourth-order valence-electron chi connectivity index (χ4n) is 3.76. The van der Waals surface area contributed by atoms with E-state index in [4.69, 9.17) is 16.3 Å². The van der Waals surface area contributed by atoms with E-state index in [1.165, 1.54) is 6.92 Å². The number of anilines is 1. The van der Waals surface area contributed by atoms with Crippen molar-refractivity contribution >= 4 is 40.9 Å². The molecular weight excluding hydrogens is 420 g/mol. The maximum Gasteiger partial charge on any atom is 0.303 e. The predicted molar refractivity (Wildman–Crippen MR) is 123 cm³/mol. The van der Waals surface area contributed by atoms with Gasteiger partial charge in [-0.1, -0.05) is 23.7 Å². The van der Waals surface area contributed by atoms with Gasteiger partial charge in [-0.2, -0.15) is 0 Å². The van der Waals surface area contributed by atoms with Crippen LogP contribution in [0.1, 0.15) is 24.0 Å². The molecule has 0 saturated heterocycles. The van der Waals surface area contributed by atoms with Gasteiger partial charge >= 0.3 is 5.97 Å². The van der Waals surface area contributed by atoms with Gasteiger partial charge < -0.3 is 14.5 Å². The topological polar surface area (TPSA) is 49.9 Å². The van der Waals surface area contributed by atoms with Crippen LogP contribution < -0.4 is 4.90 Å². The SMILES string of the molecule is CSc1ccc([C@@H]2Cc3cc(Cl)ccc3N(CCN(C)C)C(=O)[C@@H]2OC(C)=O)cc1. The van der Waals surface area contributed by atoms with Crippen molar-refractivity contribution in [1.29, 1.82) is 0 Å². The van der Waals surface area contributed by atoms with E-state index in [0.29, 0.717) is 24.5 Å². The summed E-state index contributed by atoms with van der Waals surface area (Å²) in [5.74, 6) is -0.957. The van der Waals surface area contributed by atoms with Crippen LogP contribution in [-0.4, -0.2) is 56.3 Å². The Kier molecular flexibility index (Phi) is 7.45. The zero-order chi connectivity index (χ0) is 21.8. The van der Waals surface area contributed by atoms with Crippen molar-refractivity contribution in [2.75, 3.05) is 38.3 Å². The lowest BCUT2D eigenvalue weighted by Gasteiger charge is -2.29. The standard InChI is InChI=1S/C23H27ClN2O3S/c1-15(27)29-22-20(16-5-8-19(30-4)9-6-16)14-17-13-18(24)7-10-21(17)26(23(22)28)12-11-25(2)3/h5-10,13,20,22H,11-12,14H2,1-4H3/t20-,22+/m0/s1. The molecule has 0 radical (unpaired) electrons. The van der Waals surface area contributed by atoms with E-state index >= 15 is 0 Å². The third kappa shape index (κ3) is 5.17. The smallest absolute Gasteiger partial charge is 0.303 e. The number of thioether (sulfide) groups is 1. The summed E-state index contributed by atoms with van der Waals surface area (Å²) in [6.45, 7) is 2.53. The summed E-state index contributed by atoms with van der Waals surface area (Å²) >= 11 is 7.95. The summed E-state index contributed by atoms with van der Waals surface area (Å²) < 4.78 is 5.62. The first-order chi connectivity index (χ1) is 14.3. The van der Waals surface area contributed by atoms with Crippen LogP contribution in [0.4, 0.5) is 5.69 Å². The van der Waals surface area contributed by atoms with Gasteiger partial charge in [0, 0.05) is 41.5 Å².